The van der Waals surface area contributed by atoms with Gasteiger partial charge in [0.15, 0.2) is 0 Å². The maximum Gasteiger partial charge on any atom is 0.308 e. The molecule has 0 saturated heterocycles. The molecular weight excluding hydrogens is 228 g/mol. The quantitative estimate of drug-likeness (QED) is 0.759. The van der Waals surface area contributed by atoms with Crippen molar-refractivity contribution in [2.75, 3.05) is 7.11 Å². The summed E-state index contributed by atoms with van der Waals surface area (Å²) in [5.41, 5.74) is 4.35. The minimum absolute atomic E-state index is 0.0441. The molecule has 0 bridgehead atoms. The lowest BCUT2D eigenvalue weighted by atomic mass is 10.0. The molecule has 0 amide bonds. The van der Waals surface area contributed by atoms with E-state index in [2.05, 4.69) is 17.2 Å². The Morgan fingerprint density at radius 2 is 2.22 bits per heavy atom. The Morgan fingerprint density at radius 3 is 3.00 bits per heavy atom. The van der Waals surface area contributed by atoms with Crippen LogP contribution in [0.3, 0.4) is 0 Å². The third-order valence-corrected chi connectivity index (χ3v) is 3.34. The first-order valence-corrected chi connectivity index (χ1v) is 5.93. The molecule has 92 valence electrons. The lowest BCUT2D eigenvalue weighted by molar-refractivity contribution is -0.141. The molecule has 4 heteroatoms. The van der Waals surface area contributed by atoms with Crippen molar-refractivity contribution >= 4 is 5.97 Å². The van der Waals surface area contributed by atoms with E-state index in [0.717, 1.165) is 22.5 Å². The average molecular weight is 242 g/mol. The number of benzene rings is 1. The van der Waals surface area contributed by atoms with Gasteiger partial charge in [0.05, 0.1) is 31.0 Å². The van der Waals surface area contributed by atoms with Crippen LogP contribution in [0.25, 0.3) is 11.3 Å². The van der Waals surface area contributed by atoms with Crippen molar-refractivity contribution in [3.63, 3.8) is 0 Å². The molecule has 2 aromatic rings. The predicted octanol–water partition coefficient (Wildman–Crippen LogP) is 2.32. The van der Waals surface area contributed by atoms with Gasteiger partial charge in [-0.15, -0.1) is 0 Å². The molecule has 1 unspecified atom stereocenters. The lowest BCUT2D eigenvalue weighted by Gasteiger charge is -2.12. The zero-order valence-corrected chi connectivity index (χ0v) is 10.4. The van der Waals surface area contributed by atoms with Gasteiger partial charge in [-0.25, -0.2) is 0 Å². The van der Waals surface area contributed by atoms with Gasteiger partial charge in [0.25, 0.3) is 0 Å². The Hall–Kier alpha value is -2.10. The van der Waals surface area contributed by atoms with E-state index in [1.165, 1.54) is 7.11 Å². The standard InChI is InChI=1S/C14H14N2O2/c1-9-7-12-10-5-3-4-6-11(10)13(16(12)15-9)8-14(17)18-2/h3-7,13H,8H2,1-2H3. The van der Waals surface area contributed by atoms with E-state index in [1.54, 1.807) is 0 Å². The van der Waals surface area contributed by atoms with Crippen LogP contribution in [-0.2, 0) is 9.53 Å². The fourth-order valence-electron chi connectivity index (χ4n) is 2.55. The molecule has 0 fully saturated rings. The van der Waals surface area contributed by atoms with Gasteiger partial charge in [0, 0.05) is 5.56 Å². The number of ether oxygens (including phenoxy) is 1. The van der Waals surface area contributed by atoms with Crippen LogP contribution < -0.4 is 0 Å². The summed E-state index contributed by atoms with van der Waals surface area (Å²) in [5.74, 6) is -0.212. The molecule has 1 aliphatic rings. The third-order valence-electron chi connectivity index (χ3n) is 3.34. The summed E-state index contributed by atoms with van der Waals surface area (Å²) >= 11 is 0. The second kappa shape index (κ2) is 3.98. The molecule has 1 atom stereocenters. The first-order valence-electron chi connectivity index (χ1n) is 5.93. The van der Waals surface area contributed by atoms with Crippen LogP contribution in [0.4, 0.5) is 0 Å². The number of fused-ring (bicyclic) bond motifs is 3. The van der Waals surface area contributed by atoms with Crippen molar-refractivity contribution in [1.29, 1.82) is 0 Å². The number of carbonyl (C=O) groups is 1. The van der Waals surface area contributed by atoms with Crippen LogP contribution in [0.5, 0.6) is 0 Å². The monoisotopic (exact) mass is 242 g/mol. The van der Waals surface area contributed by atoms with Crippen LogP contribution in [0.2, 0.25) is 0 Å². The van der Waals surface area contributed by atoms with E-state index in [-0.39, 0.29) is 12.0 Å². The Balaban J connectivity index is 2.11. The largest absolute Gasteiger partial charge is 0.469 e. The number of hydrogen-bond acceptors (Lipinski definition) is 3. The molecular formula is C14H14N2O2. The molecule has 0 radical (unpaired) electrons. The zero-order valence-electron chi connectivity index (χ0n) is 10.4. The van der Waals surface area contributed by atoms with Crippen molar-refractivity contribution in [3.8, 4) is 11.3 Å². The molecule has 0 N–H and O–H groups in total. The normalized spacial score (nSPS) is 16.2. The van der Waals surface area contributed by atoms with Gasteiger partial charge in [-0.1, -0.05) is 24.3 Å². The van der Waals surface area contributed by atoms with E-state index in [9.17, 15) is 4.79 Å². The van der Waals surface area contributed by atoms with Gasteiger partial charge in [0.2, 0.25) is 0 Å². The number of methoxy groups -OCH3 is 1. The highest BCUT2D eigenvalue weighted by atomic mass is 16.5. The SMILES string of the molecule is COC(=O)CC1c2ccccc2-c2cc(C)nn21. The highest BCUT2D eigenvalue weighted by Crippen LogP contribution is 2.40. The molecule has 3 rings (SSSR count). The Kier molecular flexibility index (Phi) is 2.44. The first kappa shape index (κ1) is 11.0. The fraction of sp³-hybridized carbons (Fsp3) is 0.286. The lowest BCUT2D eigenvalue weighted by Crippen LogP contribution is -2.14. The summed E-state index contributed by atoms with van der Waals surface area (Å²) in [6.45, 7) is 1.96. The maximum absolute atomic E-state index is 11.5. The van der Waals surface area contributed by atoms with Crippen molar-refractivity contribution in [2.24, 2.45) is 0 Å². The Morgan fingerprint density at radius 1 is 1.44 bits per heavy atom. The fourth-order valence-corrected chi connectivity index (χ4v) is 2.55. The van der Waals surface area contributed by atoms with E-state index in [1.807, 2.05) is 29.8 Å². The molecule has 1 aromatic carbocycles. The minimum atomic E-state index is -0.212. The summed E-state index contributed by atoms with van der Waals surface area (Å²) in [6.07, 6.45) is 0.321. The van der Waals surface area contributed by atoms with E-state index >= 15 is 0 Å². The van der Waals surface area contributed by atoms with E-state index in [0.29, 0.717) is 6.42 Å². The number of esters is 1. The topological polar surface area (TPSA) is 44.1 Å². The highest BCUT2D eigenvalue weighted by molar-refractivity contribution is 5.75. The molecule has 1 aromatic heterocycles. The van der Waals surface area contributed by atoms with Crippen molar-refractivity contribution < 1.29 is 9.53 Å². The second-order valence-corrected chi connectivity index (χ2v) is 4.50. The van der Waals surface area contributed by atoms with Gasteiger partial charge < -0.3 is 4.74 Å². The maximum atomic E-state index is 11.5. The number of nitrogens with zero attached hydrogens (tertiary/aromatic N) is 2. The number of carbonyl (C=O) groups excluding carboxylic acids is 1. The van der Waals surface area contributed by atoms with Crippen LogP contribution in [0, 0.1) is 6.92 Å². The number of rotatable bonds is 2. The average Bonchev–Trinajstić information content (AvgIpc) is 2.88. The van der Waals surface area contributed by atoms with Gasteiger partial charge in [-0.2, -0.15) is 5.10 Å². The Labute approximate surface area is 105 Å². The van der Waals surface area contributed by atoms with Crippen molar-refractivity contribution in [2.45, 2.75) is 19.4 Å². The van der Waals surface area contributed by atoms with E-state index in [4.69, 9.17) is 4.74 Å². The van der Waals surface area contributed by atoms with Gasteiger partial charge >= 0.3 is 5.97 Å². The van der Waals surface area contributed by atoms with Gasteiger partial charge in [-0.05, 0) is 18.6 Å². The smallest absolute Gasteiger partial charge is 0.308 e. The van der Waals surface area contributed by atoms with Gasteiger partial charge in [0.1, 0.15) is 0 Å². The van der Waals surface area contributed by atoms with Crippen LogP contribution in [-0.4, -0.2) is 22.9 Å². The van der Waals surface area contributed by atoms with Crippen LogP contribution >= 0.6 is 0 Å². The molecule has 0 spiro atoms. The van der Waals surface area contributed by atoms with Crippen molar-refractivity contribution in [1.82, 2.24) is 9.78 Å². The Bertz CT molecular complexity index is 616. The van der Waals surface area contributed by atoms with E-state index < -0.39 is 0 Å². The van der Waals surface area contributed by atoms with Crippen LogP contribution in [0.15, 0.2) is 30.3 Å². The summed E-state index contributed by atoms with van der Waals surface area (Å²) in [6, 6.07) is 10.1. The molecule has 1 aliphatic heterocycles. The molecule has 4 nitrogen and oxygen atoms in total. The van der Waals surface area contributed by atoms with Crippen molar-refractivity contribution in [3.05, 3.63) is 41.6 Å². The number of hydrogen-bond donors (Lipinski definition) is 0. The minimum Gasteiger partial charge on any atom is -0.469 e. The van der Waals surface area contributed by atoms with Crippen LogP contribution in [0.1, 0.15) is 23.7 Å². The molecule has 0 aliphatic carbocycles. The summed E-state index contributed by atoms with van der Waals surface area (Å²) in [5, 5.41) is 4.48. The summed E-state index contributed by atoms with van der Waals surface area (Å²) in [7, 11) is 1.42. The predicted molar refractivity (Wildman–Crippen MR) is 67.2 cm³/mol. The van der Waals surface area contributed by atoms with Gasteiger partial charge in [-0.3, -0.25) is 9.48 Å². The molecule has 0 saturated carbocycles. The second-order valence-electron chi connectivity index (χ2n) is 4.50. The summed E-state index contributed by atoms with van der Waals surface area (Å²) < 4.78 is 6.70. The zero-order chi connectivity index (χ0) is 12.7. The number of aromatic nitrogens is 2. The number of aryl methyl sites for hydroxylation is 1. The first-order chi connectivity index (χ1) is 8.70. The molecule has 18 heavy (non-hydrogen) atoms. The summed E-state index contributed by atoms with van der Waals surface area (Å²) in [4.78, 5) is 11.5. The third kappa shape index (κ3) is 1.53. The highest BCUT2D eigenvalue weighted by Gasteiger charge is 2.31. The molecule has 2 heterocycles.